The number of ether oxygens (including phenoxy) is 2. The molecule has 28 heavy (non-hydrogen) atoms. The molecule has 5 heteroatoms. The van der Waals surface area contributed by atoms with Gasteiger partial charge in [0.05, 0.1) is 19.3 Å². The van der Waals surface area contributed by atoms with E-state index in [4.69, 9.17) is 9.47 Å². The number of benzene rings is 2. The molecule has 0 bridgehead atoms. The Labute approximate surface area is 163 Å². The van der Waals surface area contributed by atoms with E-state index < -0.39 is 17.5 Å². The summed E-state index contributed by atoms with van der Waals surface area (Å²) in [5.41, 5.74) is 0.733. The minimum Gasteiger partial charge on any atom is -0.497 e. The van der Waals surface area contributed by atoms with Crippen LogP contribution in [0.25, 0.3) is 0 Å². The summed E-state index contributed by atoms with van der Waals surface area (Å²) in [5.74, 6) is 4.35. The Morgan fingerprint density at radius 3 is 2.39 bits per heavy atom. The molecule has 0 aromatic heterocycles. The molecular formula is C23H23F3O2. The molecule has 0 spiro atoms. The molecular weight excluding hydrogens is 365 g/mol. The van der Waals surface area contributed by atoms with Crippen molar-refractivity contribution >= 4 is 0 Å². The summed E-state index contributed by atoms with van der Waals surface area (Å²) in [6.07, 6.45) is 2.97. The fourth-order valence-corrected chi connectivity index (χ4v) is 3.58. The first-order chi connectivity index (χ1) is 13.5. The molecule has 148 valence electrons. The van der Waals surface area contributed by atoms with E-state index in [1.165, 1.54) is 19.2 Å². The predicted octanol–water partition coefficient (Wildman–Crippen LogP) is 5.84. The minimum absolute atomic E-state index is 0.0408. The smallest absolute Gasteiger partial charge is 0.200 e. The molecule has 1 saturated carbocycles. The van der Waals surface area contributed by atoms with Crippen LogP contribution >= 0.6 is 0 Å². The Hall–Kier alpha value is -2.61. The highest BCUT2D eigenvalue weighted by Crippen LogP contribution is 2.38. The molecule has 2 aromatic carbocycles. The fraction of sp³-hybridized carbons (Fsp3) is 0.391. The first-order valence-corrected chi connectivity index (χ1v) is 9.49. The summed E-state index contributed by atoms with van der Waals surface area (Å²) in [7, 11) is 1.48. The number of hydrogen-bond acceptors (Lipinski definition) is 2. The second kappa shape index (κ2) is 9.05. The molecule has 0 unspecified atom stereocenters. The van der Waals surface area contributed by atoms with Crippen LogP contribution in [-0.4, -0.2) is 13.7 Å². The Kier molecular flexibility index (Phi) is 6.51. The molecule has 0 heterocycles. The van der Waals surface area contributed by atoms with Crippen LogP contribution in [0.2, 0.25) is 0 Å². The van der Waals surface area contributed by atoms with Gasteiger partial charge in [0.2, 0.25) is 5.82 Å². The van der Waals surface area contributed by atoms with E-state index in [-0.39, 0.29) is 24.2 Å². The molecule has 2 nitrogen and oxygen atoms in total. The first kappa shape index (κ1) is 20.1. The largest absolute Gasteiger partial charge is 0.497 e. The van der Waals surface area contributed by atoms with Gasteiger partial charge in [-0.15, -0.1) is 0 Å². The van der Waals surface area contributed by atoms with Crippen molar-refractivity contribution in [1.29, 1.82) is 0 Å². The van der Waals surface area contributed by atoms with Gasteiger partial charge in [-0.1, -0.05) is 17.9 Å². The molecule has 1 aliphatic carbocycles. The zero-order chi connectivity index (χ0) is 20.1. The summed E-state index contributed by atoms with van der Waals surface area (Å²) in [4.78, 5) is 0. The summed E-state index contributed by atoms with van der Waals surface area (Å²) in [5, 5.41) is 0. The molecule has 1 fully saturated rings. The zero-order valence-electron chi connectivity index (χ0n) is 16.0. The Balaban J connectivity index is 1.65. The molecule has 2 aromatic rings. The average molecular weight is 388 g/mol. The van der Waals surface area contributed by atoms with E-state index in [0.717, 1.165) is 25.7 Å². The van der Waals surface area contributed by atoms with Gasteiger partial charge in [-0.25, -0.2) is 8.78 Å². The van der Waals surface area contributed by atoms with E-state index in [1.807, 2.05) is 0 Å². The van der Waals surface area contributed by atoms with E-state index in [0.29, 0.717) is 16.9 Å². The lowest BCUT2D eigenvalue weighted by atomic mass is 9.78. The Bertz CT molecular complexity index is 891. The number of hydrogen-bond donors (Lipinski definition) is 0. The maximum absolute atomic E-state index is 14.4. The maximum Gasteiger partial charge on any atom is 0.200 e. The first-order valence-electron chi connectivity index (χ1n) is 9.49. The Morgan fingerprint density at radius 1 is 1.00 bits per heavy atom. The third kappa shape index (κ3) is 4.44. The van der Waals surface area contributed by atoms with E-state index in [2.05, 4.69) is 11.8 Å². The molecule has 0 N–H and O–H groups in total. The highest BCUT2D eigenvalue weighted by Gasteiger charge is 2.26. The van der Waals surface area contributed by atoms with Crippen molar-refractivity contribution in [2.75, 3.05) is 13.7 Å². The van der Waals surface area contributed by atoms with Crippen LogP contribution in [0.4, 0.5) is 13.2 Å². The monoisotopic (exact) mass is 388 g/mol. The van der Waals surface area contributed by atoms with Crippen LogP contribution in [0, 0.1) is 35.2 Å². The number of halogens is 3. The van der Waals surface area contributed by atoms with Gasteiger partial charge in [-0.2, -0.15) is 4.39 Å². The molecule has 0 saturated heterocycles. The molecule has 0 aliphatic heterocycles. The second-order valence-corrected chi connectivity index (χ2v) is 6.88. The maximum atomic E-state index is 14.4. The van der Waals surface area contributed by atoms with Crippen LogP contribution in [0.3, 0.4) is 0 Å². The van der Waals surface area contributed by atoms with Crippen LogP contribution in [0.5, 0.6) is 11.5 Å². The lowest BCUT2D eigenvalue weighted by Gasteiger charge is -2.26. The van der Waals surface area contributed by atoms with Crippen LogP contribution in [-0.2, 0) is 0 Å². The summed E-state index contributed by atoms with van der Waals surface area (Å²) in [6.45, 7) is 2.01. The number of methoxy groups -OCH3 is 1. The highest BCUT2D eigenvalue weighted by atomic mass is 19.2. The van der Waals surface area contributed by atoms with Gasteiger partial charge in [0.25, 0.3) is 0 Å². The molecule has 3 rings (SSSR count). The lowest BCUT2D eigenvalue weighted by molar-refractivity contribution is 0.310. The quantitative estimate of drug-likeness (QED) is 0.613. The van der Waals surface area contributed by atoms with Crippen LogP contribution in [0.1, 0.15) is 49.7 Å². The lowest BCUT2D eigenvalue weighted by Crippen LogP contribution is -2.14. The SMILES string of the molecule is CCOc1ccc(C2CCC(C#Cc3ccc(OC)cc3F)CC2)c(F)c1F. The van der Waals surface area contributed by atoms with Gasteiger partial charge in [0.15, 0.2) is 11.6 Å². The topological polar surface area (TPSA) is 18.5 Å². The standard InChI is InChI=1S/C23H23F3O2/c1-3-28-21-13-12-19(22(25)23(21)26)16-7-4-15(5-8-16)6-9-17-10-11-18(27-2)14-20(17)24/h10-16H,3-5,7-8H2,1-2H3. The molecule has 0 amide bonds. The van der Waals surface area contributed by atoms with Gasteiger partial charge in [-0.05, 0) is 62.3 Å². The van der Waals surface area contributed by atoms with Crippen molar-refractivity contribution in [3.8, 4) is 23.3 Å². The summed E-state index contributed by atoms with van der Waals surface area (Å²) < 4.78 is 52.6. The van der Waals surface area contributed by atoms with Gasteiger partial charge in [0, 0.05) is 12.0 Å². The summed E-state index contributed by atoms with van der Waals surface area (Å²) in [6, 6.07) is 7.70. The average Bonchev–Trinajstić information content (AvgIpc) is 2.71. The van der Waals surface area contributed by atoms with Crippen molar-refractivity contribution in [2.45, 2.75) is 38.5 Å². The number of rotatable bonds is 4. The zero-order valence-corrected chi connectivity index (χ0v) is 16.0. The summed E-state index contributed by atoms with van der Waals surface area (Å²) >= 11 is 0. The van der Waals surface area contributed by atoms with Crippen molar-refractivity contribution < 1.29 is 22.6 Å². The van der Waals surface area contributed by atoms with Crippen molar-refractivity contribution in [3.63, 3.8) is 0 Å². The second-order valence-electron chi connectivity index (χ2n) is 6.88. The van der Waals surface area contributed by atoms with E-state index >= 15 is 0 Å². The minimum atomic E-state index is -0.920. The predicted molar refractivity (Wildman–Crippen MR) is 102 cm³/mol. The highest BCUT2D eigenvalue weighted by molar-refractivity contribution is 5.40. The van der Waals surface area contributed by atoms with Crippen LogP contribution in [0.15, 0.2) is 30.3 Å². The van der Waals surface area contributed by atoms with Gasteiger partial charge in [0.1, 0.15) is 11.6 Å². The van der Waals surface area contributed by atoms with Crippen molar-refractivity contribution in [3.05, 3.63) is 58.9 Å². The van der Waals surface area contributed by atoms with Gasteiger partial charge >= 0.3 is 0 Å². The normalized spacial score (nSPS) is 18.9. The van der Waals surface area contributed by atoms with Crippen molar-refractivity contribution in [1.82, 2.24) is 0 Å². The van der Waals surface area contributed by atoms with Gasteiger partial charge < -0.3 is 9.47 Å². The van der Waals surface area contributed by atoms with Crippen LogP contribution < -0.4 is 9.47 Å². The molecule has 1 aliphatic rings. The third-order valence-corrected chi connectivity index (χ3v) is 5.13. The fourth-order valence-electron chi connectivity index (χ4n) is 3.58. The third-order valence-electron chi connectivity index (χ3n) is 5.13. The van der Waals surface area contributed by atoms with Gasteiger partial charge in [-0.3, -0.25) is 0 Å². The Morgan fingerprint density at radius 2 is 1.75 bits per heavy atom. The molecule has 0 radical (unpaired) electrons. The van der Waals surface area contributed by atoms with Crippen molar-refractivity contribution in [2.24, 2.45) is 5.92 Å². The van der Waals surface area contributed by atoms with E-state index in [9.17, 15) is 13.2 Å². The molecule has 0 atom stereocenters. The van der Waals surface area contributed by atoms with E-state index in [1.54, 1.807) is 25.1 Å².